The summed E-state index contributed by atoms with van der Waals surface area (Å²) in [5.74, 6) is 0.0694. The zero-order chi connectivity index (χ0) is 15.4. The van der Waals surface area contributed by atoms with E-state index in [1.54, 1.807) is 6.07 Å². The predicted molar refractivity (Wildman–Crippen MR) is 88.2 cm³/mol. The third-order valence-corrected chi connectivity index (χ3v) is 4.35. The van der Waals surface area contributed by atoms with Gasteiger partial charge in [-0.1, -0.05) is 18.5 Å². The van der Waals surface area contributed by atoms with Crippen LogP contribution in [0.25, 0.3) is 0 Å². The molecule has 116 valence electrons. The quantitative estimate of drug-likeness (QED) is 0.929. The molecule has 5 heteroatoms. The van der Waals surface area contributed by atoms with Crippen LogP contribution >= 0.6 is 11.6 Å². The molecule has 1 atom stereocenters. The minimum Gasteiger partial charge on any atom is -0.385 e. The normalized spacial score (nSPS) is 19.6. The van der Waals surface area contributed by atoms with Crippen LogP contribution in [0.4, 0.5) is 5.69 Å². The SMILES string of the molecule is CCNc1ccc(Cl)cc1C(=O)N1CCN(C)C(CC)C1. The highest BCUT2D eigenvalue weighted by Gasteiger charge is 2.27. The molecule has 0 aromatic heterocycles. The van der Waals surface area contributed by atoms with Crippen molar-refractivity contribution in [1.82, 2.24) is 9.80 Å². The summed E-state index contributed by atoms with van der Waals surface area (Å²) in [5, 5.41) is 3.84. The maximum absolute atomic E-state index is 12.8. The number of nitrogens with one attached hydrogen (secondary N) is 1. The van der Waals surface area contributed by atoms with Crippen LogP contribution in [0.1, 0.15) is 30.6 Å². The second kappa shape index (κ2) is 7.14. The lowest BCUT2D eigenvalue weighted by Gasteiger charge is -2.39. The van der Waals surface area contributed by atoms with Crippen molar-refractivity contribution in [2.45, 2.75) is 26.3 Å². The van der Waals surface area contributed by atoms with Crippen LogP contribution in [-0.4, -0.2) is 55.0 Å². The van der Waals surface area contributed by atoms with Gasteiger partial charge in [-0.2, -0.15) is 0 Å². The average Bonchev–Trinajstić information content (AvgIpc) is 2.49. The van der Waals surface area contributed by atoms with E-state index >= 15 is 0 Å². The van der Waals surface area contributed by atoms with Crippen LogP contribution in [0.15, 0.2) is 18.2 Å². The number of carbonyl (C=O) groups excluding carboxylic acids is 1. The first-order valence-corrected chi connectivity index (χ1v) is 7.97. The molecule has 1 aliphatic heterocycles. The first kappa shape index (κ1) is 16.1. The van der Waals surface area contributed by atoms with Gasteiger partial charge in [-0.25, -0.2) is 0 Å². The van der Waals surface area contributed by atoms with Gasteiger partial charge in [-0.15, -0.1) is 0 Å². The van der Waals surface area contributed by atoms with Crippen molar-refractivity contribution in [3.63, 3.8) is 0 Å². The van der Waals surface area contributed by atoms with Crippen molar-refractivity contribution in [3.8, 4) is 0 Å². The summed E-state index contributed by atoms with van der Waals surface area (Å²) >= 11 is 6.07. The molecule has 0 spiro atoms. The smallest absolute Gasteiger partial charge is 0.256 e. The number of hydrogen-bond donors (Lipinski definition) is 1. The fourth-order valence-electron chi connectivity index (χ4n) is 2.78. The molecule has 1 aliphatic rings. The Morgan fingerprint density at radius 3 is 2.81 bits per heavy atom. The van der Waals surface area contributed by atoms with E-state index < -0.39 is 0 Å². The van der Waals surface area contributed by atoms with E-state index in [2.05, 4.69) is 24.2 Å². The Morgan fingerprint density at radius 2 is 2.14 bits per heavy atom. The molecule has 0 bridgehead atoms. The van der Waals surface area contributed by atoms with Crippen molar-refractivity contribution >= 4 is 23.2 Å². The fraction of sp³-hybridized carbons (Fsp3) is 0.562. The van der Waals surface area contributed by atoms with Crippen LogP contribution in [0.2, 0.25) is 5.02 Å². The number of amides is 1. The fourth-order valence-corrected chi connectivity index (χ4v) is 2.95. The molecule has 0 saturated carbocycles. The molecule has 1 aromatic carbocycles. The molecule has 0 aliphatic carbocycles. The molecular weight excluding hydrogens is 286 g/mol. The molecule has 1 heterocycles. The van der Waals surface area contributed by atoms with Gasteiger partial charge in [0.2, 0.25) is 0 Å². The summed E-state index contributed by atoms with van der Waals surface area (Å²) in [5.41, 5.74) is 1.53. The van der Waals surface area contributed by atoms with Gasteiger partial charge in [0.1, 0.15) is 0 Å². The first-order valence-electron chi connectivity index (χ1n) is 7.59. The molecule has 1 aromatic rings. The van der Waals surface area contributed by atoms with E-state index in [0.717, 1.165) is 38.3 Å². The van der Waals surface area contributed by atoms with E-state index in [1.807, 2.05) is 24.0 Å². The second-order valence-electron chi connectivity index (χ2n) is 5.51. The highest BCUT2D eigenvalue weighted by atomic mass is 35.5. The maximum atomic E-state index is 12.8. The van der Waals surface area contributed by atoms with Crippen LogP contribution in [0, 0.1) is 0 Å². The Hall–Kier alpha value is -1.26. The van der Waals surface area contributed by atoms with Crippen molar-refractivity contribution in [2.75, 3.05) is 38.5 Å². The lowest BCUT2D eigenvalue weighted by molar-refractivity contribution is 0.0543. The standard InChI is InChI=1S/C16H24ClN3O/c1-4-13-11-20(9-8-19(13)3)16(21)14-10-12(17)6-7-15(14)18-5-2/h6-7,10,13,18H,4-5,8-9,11H2,1-3H3. The van der Waals surface area contributed by atoms with Crippen molar-refractivity contribution in [3.05, 3.63) is 28.8 Å². The number of likely N-dealkylation sites (N-methyl/N-ethyl adjacent to an activating group) is 1. The lowest BCUT2D eigenvalue weighted by Crippen LogP contribution is -2.53. The number of rotatable bonds is 4. The summed E-state index contributed by atoms with van der Waals surface area (Å²) in [6.45, 7) is 7.43. The lowest BCUT2D eigenvalue weighted by atomic mass is 10.1. The molecule has 1 unspecified atom stereocenters. The molecule has 1 fully saturated rings. The third-order valence-electron chi connectivity index (χ3n) is 4.11. The molecule has 0 radical (unpaired) electrons. The van der Waals surface area contributed by atoms with Crippen LogP contribution in [-0.2, 0) is 0 Å². The molecule has 21 heavy (non-hydrogen) atoms. The van der Waals surface area contributed by atoms with Gasteiger partial charge in [0, 0.05) is 42.9 Å². The van der Waals surface area contributed by atoms with E-state index in [-0.39, 0.29) is 5.91 Å². The monoisotopic (exact) mass is 309 g/mol. The Balaban J connectivity index is 2.21. The Kier molecular flexibility index (Phi) is 5.48. The zero-order valence-corrected chi connectivity index (χ0v) is 13.8. The number of carbonyl (C=O) groups is 1. The summed E-state index contributed by atoms with van der Waals surface area (Å²) in [4.78, 5) is 17.1. The van der Waals surface area contributed by atoms with Crippen LogP contribution in [0.5, 0.6) is 0 Å². The summed E-state index contributed by atoms with van der Waals surface area (Å²) in [6.07, 6.45) is 1.05. The van der Waals surface area contributed by atoms with Gasteiger partial charge in [-0.3, -0.25) is 9.69 Å². The predicted octanol–water partition coefficient (Wildman–Crippen LogP) is 2.94. The number of hydrogen-bond acceptors (Lipinski definition) is 3. The Morgan fingerprint density at radius 1 is 1.38 bits per heavy atom. The molecule has 1 saturated heterocycles. The van der Waals surface area contributed by atoms with Gasteiger partial charge in [-0.05, 0) is 38.6 Å². The summed E-state index contributed by atoms with van der Waals surface area (Å²) in [6, 6.07) is 5.90. The zero-order valence-electron chi connectivity index (χ0n) is 13.0. The highest BCUT2D eigenvalue weighted by molar-refractivity contribution is 6.31. The van der Waals surface area contributed by atoms with Gasteiger partial charge >= 0.3 is 0 Å². The molecule has 1 amide bonds. The number of benzene rings is 1. The van der Waals surface area contributed by atoms with Crippen LogP contribution < -0.4 is 5.32 Å². The minimum absolute atomic E-state index is 0.0694. The van der Waals surface area contributed by atoms with E-state index in [9.17, 15) is 4.79 Å². The van der Waals surface area contributed by atoms with Crippen molar-refractivity contribution in [1.29, 1.82) is 0 Å². The number of halogens is 1. The second-order valence-corrected chi connectivity index (χ2v) is 5.95. The van der Waals surface area contributed by atoms with E-state index in [1.165, 1.54) is 0 Å². The number of piperazine rings is 1. The van der Waals surface area contributed by atoms with Crippen LogP contribution in [0.3, 0.4) is 0 Å². The van der Waals surface area contributed by atoms with Crippen molar-refractivity contribution < 1.29 is 4.79 Å². The first-order chi connectivity index (χ1) is 10.1. The van der Waals surface area contributed by atoms with E-state index in [0.29, 0.717) is 16.6 Å². The van der Waals surface area contributed by atoms with Gasteiger partial charge in [0.15, 0.2) is 0 Å². The maximum Gasteiger partial charge on any atom is 0.256 e. The molecule has 1 N–H and O–H groups in total. The summed E-state index contributed by atoms with van der Waals surface area (Å²) in [7, 11) is 2.12. The average molecular weight is 310 g/mol. The van der Waals surface area contributed by atoms with Gasteiger partial charge < -0.3 is 10.2 Å². The third kappa shape index (κ3) is 3.69. The molecule has 4 nitrogen and oxygen atoms in total. The molecule has 2 rings (SSSR count). The molecular formula is C16H24ClN3O. The van der Waals surface area contributed by atoms with Gasteiger partial charge in [0.25, 0.3) is 5.91 Å². The minimum atomic E-state index is 0.0694. The van der Waals surface area contributed by atoms with Gasteiger partial charge in [0.05, 0.1) is 5.56 Å². The topological polar surface area (TPSA) is 35.6 Å². The Labute approximate surface area is 132 Å². The largest absolute Gasteiger partial charge is 0.385 e. The Bertz CT molecular complexity index is 506. The highest BCUT2D eigenvalue weighted by Crippen LogP contribution is 2.23. The number of nitrogens with zero attached hydrogens (tertiary/aromatic N) is 2. The van der Waals surface area contributed by atoms with Crippen molar-refractivity contribution in [2.24, 2.45) is 0 Å². The van der Waals surface area contributed by atoms with E-state index in [4.69, 9.17) is 11.6 Å². The summed E-state index contributed by atoms with van der Waals surface area (Å²) < 4.78 is 0. The number of anilines is 1.